The normalized spacial score (nSPS) is 29.0. The van der Waals surface area contributed by atoms with Crippen molar-refractivity contribution in [3.05, 3.63) is 119 Å². The summed E-state index contributed by atoms with van der Waals surface area (Å²) in [7, 11) is 0. The van der Waals surface area contributed by atoms with Crippen LogP contribution >= 0.6 is 0 Å². The molecule has 0 radical (unpaired) electrons. The maximum Gasteiger partial charge on any atom is 0.254 e. The van der Waals surface area contributed by atoms with Gasteiger partial charge in [-0.25, -0.2) is 0 Å². The Morgan fingerprint density at radius 2 is 1.54 bits per heavy atom. The van der Waals surface area contributed by atoms with E-state index in [1.807, 2.05) is 30.3 Å². The Morgan fingerprint density at radius 3 is 2.32 bits per heavy atom. The Kier molecular flexibility index (Phi) is 3.09. The van der Waals surface area contributed by atoms with Gasteiger partial charge in [-0.15, -0.1) is 0 Å². The molecule has 136 valence electrons. The number of carbonyl (C=O) groups is 1. The summed E-state index contributed by atoms with van der Waals surface area (Å²) >= 11 is 0. The predicted molar refractivity (Wildman–Crippen MR) is 110 cm³/mol. The first kappa shape index (κ1) is 15.9. The van der Waals surface area contributed by atoms with Crippen LogP contribution in [-0.4, -0.2) is 17.4 Å². The zero-order chi connectivity index (χ0) is 18.8. The van der Waals surface area contributed by atoms with E-state index < -0.39 is 0 Å². The second-order valence-corrected chi connectivity index (χ2v) is 8.20. The van der Waals surface area contributed by atoms with Crippen molar-refractivity contribution in [2.75, 3.05) is 6.54 Å². The molecule has 28 heavy (non-hydrogen) atoms. The number of rotatable bonds is 2. The van der Waals surface area contributed by atoms with Crippen molar-refractivity contribution < 1.29 is 4.79 Å². The number of amides is 1. The van der Waals surface area contributed by atoms with Gasteiger partial charge < -0.3 is 4.90 Å². The van der Waals surface area contributed by atoms with Crippen LogP contribution in [0.4, 0.5) is 0 Å². The zero-order valence-electron chi connectivity index (χ0n) is 15.6. The Balaban J connectivity index is 1.53. The van der Waals surface area contributed by atoms with Crippen LogP contribution in [0.3, 0.4) is 0 Å². The van der Waals surface area contributed by atoms with Crippen LogP contribution in [0.5, 0.6) is 0 Å². The lowest BCUT2D eigenvalue weighted by Gasteiger charge is -2.38. The molecule has 3 aromatic carbocycles. The van der Waals surface area contributed by atoms with Gasteiger partial charge in [-0.05, 0) is 35.2 Å². The topological polar surface area (TPSA) is 20.3 Å². The van der Waals surface area contributed by atoms with E-state index in [2.05, 4.69) is 71.6 Å². The summed E-state index contributed by atoms with van der Waals surface area (Å²) in [6.07, 6.45) is 5.67. The monoisotopic (exact) mass is 363 g/mol. The lowest BCUT2D eigenvalue weighted by atomic mass is 9.83. The molecule has 1 saturated carbocycles. The van der Waals surface area contributed by atoms with Crippen molar-refractivity contribution in [3.63, 3.8) is 0 Å². The van der Waals surface area contributed by atoms with Crippen molar-refractivity contribution in [1.29, 1.82) is 0 Å². The third-order valence-corrected chi connectivity index (χ3v) is 7.01. The van der Waals surface area contributed by atoms with Crippen molar-refractivity contribution in [2.45, 2.75) is 17.9 Å². The summed E-state index contributed by atoms with van der Waals surface area (Å²) in [4.78, 5) is 15.5. The Morgan fingerprint density at radius 1 is 0.857 bits per heavy atom. The molecule has 2 heteroatoms. The number of fused-ring (bicyclic) bond motifs is 3. The number of carbonyl (C=O) groups excluding carboxylic acids is 1. The van der Waals surface area contributed by atoms with E-state index in [-0.39, 0.29) is 22.8 Å². The average Bonchev–Trinajstić information content (AvgIpc) is 3.36. The molecule has 3 atom stereocenters. The lowest BCUT2D eigenvalue weighted by Crippen LogP contribution is -2.41. The molecule has 3 aromatic rings. The first-order valence-electron chi connectivity index (χ1n) is 9.97. The molecular formula is C26H21NO. The molecule has 1 heterocycles. The molecule has 6 rings (SSSR count). The van der Waals surface area contributed by atoms with Crippen molar-refractivity contribution in [3.8, 4) is 0 Å². The van der Waals surface area contributed by atoms with Gasteiger partial charge in [0.15, 0.2) is 0 Å². The summed E-state index contributed by atoms with van der Waals surface area (Å²) in [5.74, 6) is 0.125. The number of benzene rings is 3. The van der Waals surface area contributed by atoms with E-state index in [1.54, 1.807) is 0 Å². The molecule has 0 saturated heterocycles. The first-order valence-corrected chi connectivity index (χ1v) is 9.97. The van der Waals surface area contributed by atoms with Gasteiger partial charge in [-0.2, -0.15) is 0 Å². The molecule has 1 amide bonds. The molecule has 0 N–H and O–H groups in total. The van der Waals surface area contributed by atoms with E-state index >= 15 is 0 Å². The smallest absolute Gasteiger partial charge is 0.254 e. The summed E-state index contributed by atoms with van der Waals surface area (Å²) in [5, 5.41) is 0. The Hall–Kier alpha value is -3.13. The van der Waals surface area contributed by atoms with Gasteiger partial charge >= 0.3 is 0 Å². The maximum atomic E-state index is 13.4. The SMILES string of the molecule is O=C(c1ccccc1)N1CC=C[C@@]23C[C@]2(c2ccccc2)c2ccccc2[C@@H]13. The highest BCUT2D eigenvalue weighted by atomic mass is 16.2. The third kappa shape index (κ3) is 1.80. The molecule has 1 spiro atoms. The maximum absolute atomic E-state index is 13.4. The molecule has 3 aliphatic rings. The largest absolute Gasteiger partial charge is 0.327 e. The van der Waals surface area contributed by atoms with E-state index in [4.69, 9.17) is 0 Å². The second kappa shape index (κ2) is 5.45. The van der Waals surface area contributed by atoms with Crippen molar-refractivity contribution >= 4 is 5.91 Å². The van der Waals surface area contributed by atoms with Crippen molar-refractivity contribution in [1.82, 2.24) is 4.90 Å². The third-order valence-electron chi connectivity index (χ3n) is 7.01. The van der Waals surface area contributed by atoms with Crippen molar-refractivity contribution in [2.24, 2.45) is 5.41 Å². The predicted octanol–water partition coefficient (Wildman–Crippen LogP) is 5.13. The minimum Gasteiger partial charge on any atom is -0.327 e. The van der Waals surface area contributed by atoms with E-state index in [0.29, 0.717) is 6.54 Å². The van der Waals surface area contributed by atoms with Crippen LogP contribution in [0.2, 0.25) is 0 Å². The fourth-order valence-electron chi connectivity index (χ4n) is 5.89. The molecule has 1 aliphatic heterocycles. The van der Waals surface area contributed by atoms with Crippen LogP contribution in [0.15, 0.2) is 97.1 Å². The fourth-order valence-corrected chi connectivity index (χ4v) is 5.89. The van der Waals surface area contributed by atoms with Crippen LogP contribution in [-0.2, 0) is 5.41 Å². The highest BCUT2D eigenvalue weighted by Crippen LogP contribution is 2.80. The summed E-state index contributed by atoms with van der Waals surface area (Å²) in [5.41, 5.74) is 4.80. The zero-order valence-corrected chi connectivity index (χ0v) is 15.6. The van der Waals surface area contributed by atoms with Crippen LogP contribution < -0.4 is 0 Å². The second-order valence-electron chi connectivity index (χ2n) is 8.20. The first-order chi connectivity index (χ1) is 13.8. The van der Waals surface area contributed by atoms with Gasteiger partial charge in [-0.1, -0.05) is 84.9 Å². The van der Waals surface area contributed by atoms with E-state index in [1.165, 1.54) is 16.7 Å². The molecule has 0 unspecified atom stereocenters. The van der Waals surface area contributed by atoms with E-state index in [0.717, 1.165) is 12.0 Å². The Labute approximate surface area is 165 Å². The standard InChI is InChI=1S/C26H21NO/c28-24(19-10-3-1-4-11-19)27-17-9-16-25-18-26(25,20-12-5-2-6-13-20)22-15-8-7-14-21(22)23(25)27/h1-16,23H,17-18H2/t23-,25+,26+/m1/s1. The quantitative estimate of drug-likeness (QED) is 0.578. The molecule has 2 nitrogen and oxygen atoms in total. The molecular weight excluding hydrogens is 342 g/mol. The van der Waals surface area contributed by atoms with E-state index in [9.17, 15) is 4.79 Å². The highest BCUT2D eigenvalue weighted by Gasteiger charge is 2.77. The molecule has 2 aliphatic carbocycles. The summed E-state index contributed by atoms with van der Waals surface area (Å²) < 4.78 is 0. The highest BCUT2D eigenvalue weighted by molar-refractivity contribution is 5.95. The Bertz CT molecular complexity index is 1100. The van der Waals surface area contributed by atoms with Gasteiger partial charge in [0.1, 0.15) is 0 Å². The summed E-state index contributed by atoms with van der Waals surface area (Å²) in [6, 6.07) is 29.4. The number of hydrogen-bond donors (Lipinski definition) is 0. The minimum absolute atomic E-state index is 0.0122. The minimum atomic E-state index is -0.0271. The lowest BCUT2D eigenvalue weighted by molar-refractivity contribution is 0.0627. The van der Waals surface area contributed by atoms with Gasteiger partial charge in [0.05, 0.1) is 6.04 Å². The van der Waals surface area contributed by atoms with Crippen LogP contribution in [0.25, 0.3) is 0 Å². The summed E-state index contributed by atoms with van der Waals surface area (Å²) in [6.45, 7) is 0.666. The fraction of sp³-hybridized carbons (Fsp3) is 0.192. The van der Waals surface area contributed by atoms with Crippen LogP contribution in [0.1, 0.15) is 39.5 Å². The van der Waals surface area contributed by atoms with Gasteiger partial charge in [0, 0.05) is 22.9 Å². The van der Waals surface area contributed by atoms with Crippen LogP contribution in [0, 0.1) is 5.41 Å². The molecule has 0 bridgehead atoms. The number of nitrogens with zero attached hydrogens (tertiary/aromatic N) is 1. The van der Waals surface area contributed by atoms with Gasteiger partial charge in [0.2, 0.25) is 0 Å². The molecule has 0 aromatic heterocycles. The van der Waals surface area contributed by atoms with Gasteiger partial charge in [0.25, 0.3) is 5.91 Å². The van der Waals surface area contributed by atoms with Gasteiger partial charge in [-0.3, -0.25) is 4.79 Å². The molecule has 1 fully saturated rings. The average molecular weight is 363 g/mol. The number of hydrogen-bond acceptors (Lipinski definition) is 1.